The van der Waals surface area contributed by atoms with Crippen LogP contribution in [0.15, 0.2) is 4.79 Å². The van der Waals surface area contributed by atoms with Crippen LogP contribution in [-0.2, 0) is 9.47 Å². The number of hydrogen-bond donors (Lipinski definition) is 2. The Bertz CT molecular complexity index is 841. The zero-order valence-corrected chi connectivity index (χ0v) is 15.8. The second-order valence-electron chi connectivity index (χ2n) is 7.06. The minimum absolute atomic E-state index is 0.108. The van der Waals surface area contributed by atoms with Gasteiger partial charge in [-0.3, -0.25) is 9.36 Å². The zero-order chi connectivity index (χ0) is 18.5. The molecule has 0 radical (unpaired) electrons. The molecule has 138 valence electrons. The molecule has 2 aromatic rings. The first-order valence-corrected chi connectivity index (χ1v) is 9.01. The quantitative estimate of drug-likeness (QED) is 0.840. The molecule has 0 amide bonds. The SMILES string of the molecule is CO[C@@H](C)[C@@H]1CC(C(C)(C)O)C(n2c(=O)sc3c(C)nc(N)nc32)O1. The number of nitrogen functional groups attached to an aromatic ring is 1. The Hall–Kier alpha value is -1.55. The summed E-state index contributed by atoms with van der Waals surface area (Å²) in [6, 6.07) is 0. The Morgan fingerprint density at radius 1 is 1.48 bits per heavy atom. The number of thiazole rings is 1. The van der Waals surface area contributed by atoms with Gasteiger partial charge in [-0.2, -0.15) is 4.98 Å². The van der Waals surface area contributed by atoms with Crippen LogP contribution in [0, 0.1) is 12.8 Å². The summed E-state index contributed by atoms with van der Waals surface area (Å²) in [6.45, 7) is 7.15. The lowest BCUT2D eigenvalue weighted by atomic mass is 9.86. The third-order valence-electron chi connectivity index (χ3n) is 4.85. The first kappa shape index (κ1) is 18.2. The number of nitrogens with two attached hydrogens (primary N) is 1. The van der Waals surface area contributed by atoms with Crippen LogP contribution in [0.1, 0.15) is 39.1 Å². The molecule has 1 aliphatic rings. The van der Waals surface area contributed by atoms with E-state index in [1.54, 1.807) is 27.9 Å². The summed E-state index contributed by atoms with van der Waals surface area (Å²) in [5.41, 5.74) is 5.85. The van der Waals surface area contributed by atoms with Crippen LogP contribution in [0.2, 0.25) is 0 Å². The van der Waals surface area contributed by atoms with E-state index in [4.69, 9.17) is 15.2 Å². The molecule has 0 bridgehead atoms. The summed E-state index contributed by atoms with van der Waals surface area (Å²) in [6.07, 6.45) is -0.449. The first-order chi connectivity index (χ1) is 11.6. The summed E-state index contributed by atoms with van der Waals surface area (Å²) < 4.78 is 13.7. The fourth-order valence-corrected chi connectivity index (χ4v) is 4.22. The molecule has 1 fully saturated rings. The average molecular weight is 368 g/mol. The molecule has 3 rings (SSSR count). The van der Waals surface area contributed by atoms with Crippen molar-refractivity contribution in [3.63, 3.8) is 0 Å². The maximum absolute atomic E-state index is 12.7. The standard InChI is InChI=1S/C16H24N4O4S/c1-7-11-12(19-14(17)18-7)20(15(21)25-11)13-9(16(3,4)22)6-10(24-13)8(2)23-5/h8-10,13,22H,6H2,1-5H3,(H2,17,18,19)/t8-,9?,10-,13?/m0/s1. The number of anilines is 1. The zero-order valence-electron chi connectivity index (χ0n) is 15.0. The second kappa shape index (κ2) is 6.31. The van der Waals surface area contributed by atoms with Crippen LogP contribution < -0.4 is 10.6 Å². The highest BCUT2D eigenvalue weighted by molar-refractivity contribution is 7.16. The van der Waals surface area contributed by atoms with Gasteiger partial charge in [-0.05, 0) is 34.1 Å². The third-order valence-corrected chi connectivity index (χ3v) is 5.90. The summed E-state index contributed by atoms with van der Waals surface area (Å²) in [4.78, 5) is 20.9. The first-order valence-electron chi connectivity index (χ1n) is 8.19. The van der Waals surface area contributed by atoms with Gasteiger partial charge < -0.3 is 20.3 Å². The molecule has 9 heteroatoms. The van der Waals surface area contributed by atoms with Crippen molar-refractivity contribution in [3.8, 4) is 0 Å². The van der Waals surface area contributed by atoms with E-state index in [0.29, 0.717) is 22.5 Å². The molecule has 0 aromatic carbocycles. The summed E-state index contributed by atoms with van der Waals surface area (Å²) in [5, 5.41) is 10.6. The molecule has 0 aliphatic carbocycles. The van der Waals surface area contributed by atoms with Gasteiger partial charge in [0.05, 0.1) is 28.2 Å². The molecule has 4 atom stereocenters. The van der Waals surface area contributed by atoms with Gasteiger partial charge in [-0.1, -0.05) is 11.3 Å². The van der Waals surface area contributed by atoms with Crippen molar-refractivity contribution in [3.05, 3.63) is 15.4 Å². The Kier molecular flexibility index (Phi) is 4.61. The molecular weight excluding hydrogens is 344 g/mol. The van der Waals surface area contributed by atoms with Gasteiger partial charge in [-0.25, -0.2) is 4.98 Å². The van der Waals surface area contributed by atoms with Gasteiger partial charge >= 0.3 is 4.87 Å². The van der Waals surface area contributed by atoms with Crippen LogP contribution in [0.25, 0.3) is 10.3 Å². The number of rotatable bonds is 4. The molecule has 1 saturated heterocycles. The van der Waals surface area contributed by atoms with E-state index in [9.17, 15) is 9.90 Å². The number of aryl methyl sites for hydroxylation is 1. The predicted molar refractivity (Wildman–Crippen MR) is 95.6 cm³/mol. The van der Waals surface area contributed by atoms with E-state index in [1.807, 2.05) is 6.92 Å². The molecule has 0 saturated carbocycles. The predicted octanol–water partition coefficient (Wildman–Crippen LogP) is 1.45. The van der Waals surface area contributed by atoms with Gasteiger partial charge in [0, 0.05) is 13.0 Å². The number of hydrogen-bond acceptors (Lipinski definition) is 8. The number of aromatic nitrogens is 3. The minimum atomic E-state index is -1.03. The van der Waals surface area contributed by atoms with Crippen molar-refractivity contribution in [1.29, 1.82) is 0 Å². The van der Waals surface area contributed by atoms with Crippen LogP contribution in [0.5, 0.6) is 0 Å². The van der Waals surface area contributed by atoms with Crippen molar-refractivity contribution in [2.24, 2.45) is 5.92 Å². The Morgan fingerprint density at radius 3 is 2.76 bits per heavy atom. The van der Waals surface area contributed by atoms with Gasteiger partial charge in [0.15, 0.2) is 5.65 Å². The van der Waals surface area contributed by atoms with Crippen LogP contribution >= 0.6 is 11.3 Å². The van der Waals surface area contributed by atoms with Crippen LogP contribution in [0.4, 0.5) is 5.95 Å². The number of ether oxygens (including phenoxy) is 2. The van der Waals surface area contributed by atoms with Crippen molar-refractivity contribution in [2.75, 3.05) is 12.8 Å². The van der Waals surface area contributed by atoms with Gasteiger partial charge in [-0.15, -0.1) is 0 Å². The molecule has 2 aromatic heterocycles. The van der Waals surface area contributed by atoms with E-state index in [0.717, 1.165) is 11.3 Å². The second-order valence-corrected chi connectivity index (χ2v) is 8.02. The number of methoxy groups -OCH3 is 1. The topological polar surface area (TPSA) is 112 Å². The smallest absolute Gasteiger partial charge is 0.311 e. The largest absolute Gasteiger partial charge is 0.390 e. The molecule has 3 heterocycles. The van der Waals surface area contributed by atoms with Gasteiger partial charge in [0.25, 0.3) is 0 Å². The van der Waals surface area contributed by atoms with Gasteiger partial charge in [0.1, 0.15) is 6.23 Å². The molecule has 3 N–H and O–H groups in total. The molecule has 1 aliphatic heterocycles. The van der Waals surface area contributed by atoms with Crippen molar-refractivity contribution in [1.82, 2.24) is 14.5 Å². The molecular formula is C16H24N4O4S. The normalized spacial score (nSPS) is 25.6. The lowest BCUT2D eigenvalue weighted by Gasteiger charge is -2.29. The fourth-order valence-electron chi connectivity index (χ4n) is 3.33. The Balaban J connectivity index is 2.14. The van der Waals surface area contributed by atoms with Crippen molar-refractivity contribution < 1.29 is 14.6 Å². The van der Waals surface area contributed by atoms with Crippen molar-refractivity contribution >= 4 is 27.6 Å². The van der Waals surface area contributed by atoms with E-state index in [-0.39, 0.29) is 28.9 Å². The number of fused-ring (bicyclic) bond motifs is 1. The lowest BCUT2D eigenvalue weighted by Crippen LogP contribution is -2.37. The van der Waals surface area contributed by atoms with E-state index >= 15 is 0 Å². The summed E-state index contributed by atoms with van der Waals surface area (Å²) in [7, 11) is 1.61. The molecule has 25 heavy (non-hydrogen) atoms. The van der Waals surface area contributed by atoms with Crippen molar-refractivity contribution in [2.45, 2.75) is 58.2 Å². The lowest BCUT2D eigenvalue weighted by molar-refractivity contribution is -0.0911. The van der Waals surface area contributed by atoms with E-state index < -0.39 is 11.8 Å². The third kappa shape index (κ3) is 3.17. The Labute approximate surface area is 149 Å². The fraction of sp³-hybridized carbons (Fsp3) is 0.688. The average Bonchev–Trinajstić information content (AvgIpc) is 3.07. The van der Waals surface area contributed by atoms with Gasteiger partial charge in [0.2, 0.25) is 5.95 Å². The number of aliphatic hydroxyl groups is 1. The van der Waals surface area contributed by atoms with E-state index in [1.165, 1.54) is 4.57 Å². The van der Waals surface area contributed by atoms with Crippen LogP contribution in [0.3, 0.4) is 0 Å². The summed E-state index contributed by atoms with van der Waals surface area (Å²) in [5.74, 6) is -0.182. The Morgan fingerprint density at radius 2 is 2.16 bits per heavy atom. The summed E-state index contributed by atoms with van der Waals surface area (Å²) >= 11 is 1.06. The number of nitrogens with zero attached hydrogens (tertiary/aromatic N) is 3. The molecule has 2 unspecified atom stereocenters. The maximum Gasteiger partial charge on any atom is 0.311 e. The molecule has 0 spiro atoms. The monoisotopic (exact) mass is 368 g/mol. The minimum Gasteiger partial charge on any atom is -0.390 e. The highest BCUT2D eigenvalue weighted by Crippen LogP contribution is 2.43. The van der Waals surface area contributed by atoms with Crippen LogP contribution in [-0.4, -0.2) is 44.6 Å². The van der Waals surface area contributed by atoms with E-state index in [2.05, 4.69) is 9.97 Å². The molecule has 8 nitrogen and oxygen atoms in total. The maximum atomic E-state index is 12.7. The highest BCUT2D eigenvalue weighted by Gasteiger charge is 2.47. The highest BCUT2D eigenvalue weighted by atomic mass is 32.1.